The van der Waals surface area contributed by atoms with Gasteiger partial charge in [-0.15, -0.1) is 0 Å². The van der Waals surface area contributed by atoms with Crippen LogP contribution >= 0.6 is 0 Å². The minimum absolute atomic E-state index is 0.136. The Morgan fingerprint density at radius 1 is 1.19 bits per heavy atom. The number of likely N-dealkylation sites (tertiary alicyclic amines) is 1. The summed E-state index contributed by atoms with van der Waals surface area (Å²) in [6, 6.07) is 7.05. The second-order valence-corrected chi connectivity index (χ2v) is 7.39. The van der Waals surface area contributed by atoms with E-state index in [1.54, 1.807) is 6.07 Å². The summed E-state index contributed by atoms with van der Waals surface area (Å²) in [5.41, 5.74) is 0.708. The number of hydrogen-bond acceptors (Lipinski definition) is 3. The van der Waals surface area contributed by atoms with Gasteiger partial charge in [-0.3, -0.25) is 4.99 Å². The molecular weight excluding hydrogens is 329 g/mol. The van der Waals surface area contributed by atoms with Crippen molar-refractivity contribution in [3.05, 3.63) is 30.1 Å². The van der Waals surface area contributed by atoms with Crippen molar-refractivity contribution in [3.63, 3.8) is 0 Å². The van der Waals surface area contributed by atoms with E-state index < -0.39 is 0 Å². The Labute approximate surface area is 156 Å². The Kier molecular flexibility index (Phi) is 6.72. The number of rotatable bonds is 4. The first-order chi connectivity index (χ1) is 12.7. The summed E-state index contributed by atoms with van der Waals surface area (Å²) < 4.78 is 14.0. The first kappa shape index (κ1) is 19.0. The van der Waals surface area contributed by atoms with Crippen molar-refractivity contribution in [2.24, 2.45) is 10.9 Å². The lowest BCUT2D eigenvalue weighted by molar-refractivity contribution is 0.214. The summed E-state index contributed by atoms with van der Waals surface area (Å²) >= 11 is 0. The van der Waals surface area contributed by atoms with Gasteiger partial charge in [-0.2, -0.15) is 0 Å². The van der Waals surface area contributed by atoms with Crippen molar-refractivity contribution < 1.29 is 4.39 Å². The molecule has 1 aromatic rings. The molecule has 2 aliphatic rings. The molecule has 144 valence electrons. The van der Waals surface area contributed by atoms with Gasteiger partial charge in [0, 0.05) is 45.8 Å². The maximum atomic E-state index is 14.0. The highest BCUT2D eigenvalue weighted by atomic mass is 19.1. The first-order valence-corrected chi connectivity index (χ1v) is 9.88. The van der Waals surface area contributed by atoms with E-state index in [4.69, 9.17) is 4.99 Å². The van der Waals surface area contributed by atoms with E-state index in [0.717, 1.165) is 51.8 Å². The van der Waals surface area contributed by atoms with Gasteiger partial charge >= 0.3 is 0 Å². The number of anilines is 1. The summed E-state index contributed by atoms with van der Waals surface area (Å²) in [5, 5.41) is 3.44. The first-order valence-electron chi connectivity index (χ1n) is 9.88. The van der Waals surface area contributed by atoms with Gasteiger partial charge in [0.05, 0.1) is 5.69 Å². The van der Waals surface area contributed by atoms with Crippen LogP contribution in [0.4, 0.5) is 10.1 Å². The summed E-state index contributed by atoms with van der Waals surface area (Å²) in [4.78, 5) is 11.8. The number of nitrogens with one attached hydrogen (secondary N) is 1. The number of benzene rings is 1. The molecule has 3 rings (SSSR count). The number of hydrogen-bond donors (Lipinski definition) is 1. The van der Waals surface area contributed by atoms with Gasteiger partial charge in [0.25, 0.3) is 0 Å². The average Bonchev–Trinajstić information content (AvgIpc) is 2.66. The molecule has 6 heteroatoms. The number of guanidine groups is 1. The molecule has 0 saturated carbocycles. The lowest BCUT2D eigenvalue weighted by atomic mass is 9.99. The average molecular weight is 362 g/mol. The maximum absolute atomic E-state index is 14.0. The Bertz CT molecular complexity index is 598. The number of nitrogens with zero attached hydrogens (tertiary/aromatic N) is 4. The van der Waals surface area contributed by atoms with Crippen LogP contribution in [0.3, 0.4) is 0 Å². The van der Waals surface area contributed by atoms with Crippen LogP contribution in [-0.2, 0) is 0 Å². The monoisotopic (exact) mass is 361 g/mol. The molecule has 0 radical (unpaired) electrons. The molecule has 0 spiro atoms. The zero-order chi connectivity index (χ0) is 18.4. The van der Waals surface area contributed by atoms with E-state index >= 15 is 0 Å². The summed E-state index contributed by atoms with van der Waals surface area (Å²) in [6.45, 7) is 9.59. The molecule has 2 aliphatic heterocycles. The largest absolute Gasteiger partial charge is 0.366 e. The molecule has 1 atom stereocenters. The Hall–Kier alpha value is -1.82. The van der Waals surface area contributed by atoms with E-state index in [-0.39, 0.29) is 5.82 Å². The molecule has 0 aromatic heterocycles. The Balaban J connectivity index is 1.57. The standard InChI is InChI=1S/C20H32FN5/c1-3-22-20(23-15-17-7-6-10-24(2)16-17)26-13-11-25(12-14-26)19-9-5-4-8-18(19)21/h4-5,8-9,17H,3,6-7,10-16H2,1-2H3,(H,22,23). The number of aliphatic imine (C=N–C) groups is 1. The third-order valence-corrected chi connectivity index (χ3v) is 5.33. The Morgan fingerprint density at radius 3 is 2.65 bits per heavy atom. The molecule has 0 bridgehead atoms. The lowest BCUT2D eigenvalue weighted by Gasteiger charge is -2.38. The third kappa shape index (κ3) is 4.87. The third-order valence-electron chi connectivity index (χ3n) is 5.33. The highest BCUT2D eigenvalue weighted by molar-refractivity contribution is 5.80. The van der Waals surface area contributed by atoms with Crippen LogP contribution in [0.15, 0.2) is 29.3 Å². The van der Waals surface area contributed by atoms with Gasteiger partial charge in [-0.25, -0.2) is 4.39 Å². The topological polar surface area (TPSA) is 34.1 Å². The Morgan fingerprint density at radius 2 is 1.96 bits per heavy atom. The van der Waals surface area contributed by atoms with Crippen LogP contribution in [0, 0.1) is 11.7 Å². The molecule has 1 aromatic carbocycles. The van der Waals surface area contributed by atoms with Crippen LogP contribution in [0.25, 0.3) is 0 Å². The van der Waals surface area contributed by atoms with Crippen LogP contribution in [-0.4, -0.2) is 75.2 Å². The smallest absolute Gasteiger partial charge is 0.194 e. The highest BCUT2D eigenvalue weighted by Crippen LogP contribution is 2.20. The van der Waals surface area contributed by atoms with Gasteiger partial charge in [0.15, 0.2) is 5.96 Å². The van der Waals surface area contributed by atoms with Crippen LogP contribution < -0.4 is 10.2 Å². The minimum Gasteiger partial charge on any atom is -0.366 e. The number of piperidine rings is 1. The lowest BCUT2D eigenvalue weighted by Crippen LogP contribution is -2.53. The number of piperazine rings is 1. The second-order valence-electron chi connectivity index (χ2n) is 7.39. The molecule has 0 aliphatic carbocycles. The molecule has 2 saturated heterocycles. The van der Waals surface area contributed by atoms with Crippen molar-refractivity contribution in [1.29, 1.82) is 0 Å². The van der Waals surface area contributed by atoms with E-state index in [2.05, 4.69) is 34.0 Å². The summed E-state index contributed by atoms with van der Waals surface area (Å²) in [7, 11) is 2.20. The van der Waals surface area contributed by atoms with Crippen molar-refractivity contribution in [1.82, 2.24) is 15.1 Å². The molecule has 1 N–H and O–H groups in total. The highest BCUT2D eigenvalue weighted by Gasteiger charge is 2.22. The van der Waals surface area contributed by atoms with Gasteiger partial charge in [0.1, 0.15) is 5.82 Å². The van der Waals surface area contributed by atoms with Crippen LogP contribution in [0.5, 0.6) is 0 Å². The van der Waals surface area contributed by atoms with Crippen molar-refractivity contribution in [3.8, 4) is 0 Å². The summed E-state index contributed by atoms with van der Waals surface area (Å²) in [5.74, 6) is 1.53. The SMILES string of the molecule is CCNC(=NCC1CCCN(C)C1)N1CCN(c2ccccc2F)CC1. The fraction of sp³-hybridized carbons (Fsp3) is 0.650. The second kappa shape index (κ2) is 9.21. The zero-order valence-electron chi connectivity index (χ0n) is 16.1. The fourth-order valence-electron chi connectivity index (χ4n) is 3.93. The van der Waals surface area contributed by atoms with Gasteiger partial charge in [0.2, 0.25) is 0 Å². The van der Waals surface area contributed by atoms with E-state index in [0.29, 0.717) is 11.6 Å². The van der Waals surface area contributed by atoms with E-state index in [1.807, 2.05) is 12.1 Å². The quantitative estimate of drug-likeness (QED) is 0.659. The molecule has 1 unspecified atom stereocenters. The zero-order valence-corrected chi connectivity index (χ0v) is 16.1. The predicted molar refractivity (Wildman–Crippen MR) is 106 cm³/mol. The predicted octanol–water partition coefficient (Wildman–Crippen LogP) is 2.26. The molecule has 5 nitrogen and oxygen atoms in total. The number of halogens is 1. The van der Waals surface area contributed by atoms with Gasteiger partial charge in [-0.1, -0.05) is 12.1 Å². The van der Waals surface area contributed by atoms with Crippen molar-refractivity contribution in [2.75, 3.05) is 64.3 Å². The van der Waals surface area contributed by atoms with Gasteiger partial charge < -0.3 is 20.0 Å². The van der Waals surface area contributed by atoms with Crippen LogP contribution in [0.1, 0.15) is 19.8 Å². The molecule has 2 fully saturated rings. The molecule has 0 amide bonds. The molecular formula is C20H32FN5. The maximum Gasteiger partial charge on any atom is 0.194 e. The van der Waals surface area contributed by atoms with Crippen molar-refractivity contribution in [2.45, 2.75) is 19.8 Å². The number of para-hydroxylation sites is 1. The molecule has 26 heavy (non-hydrogen) atoms. The fourth-order valence-corrected chi connectivity index (χ4v) is 3.93. The summed E-state index contributed by atoms with van der Waals surface area (Å²) in [6.07, 6.45) is 2.54. The normalized spacial score (nSPS) is 22.6. The van der Waals surface area contributed by atoms with E-state index in [1.165, 1.54) is 25.5 Å². The van der Waals surface area contributed by atoms with Gasteiger partial charge in [-0.05, 0) is 51.4 Å². The van der Waals surface area contributed by atoms with Crippen LogP contribution in [0.2, 0.25) is 0 Å². The molecule has 2 heterocycles. The van der Waals surface area contributed by atoms with E-state index in [9.17, 15) is 4.39 Å². The minimum atomic E-state index is -0.136. The van der Waals surface area contributed by atoms with Crippen molar-refractivity contribution >= 4 is 11.6 Å².